The summed E-state index contributed by atoms with van der Waals surface area (Å²) in [7, 11) is 3.40. The minimum Gasteiger partial charge on any atom is -0.462 e. The number of ether oxygens (including phenoxy) is 1. The molecule has 2 aliphatic heterocycles. The Bertz CT molecular complexity index is 894. The number of hydrogen-bond acceptors (Lipinski definition) is 8. The van der Waals surface area contributed by atoms with Gasteiger partial charge in [0.2, 0.25) is 0 Å². The standard InChI is InChI=1S/C22H29N5O4/c1-25-10-12-26(13-11-25)17-8-9-23-19(14-17)27(16-6-4-3-5-7-16)21(28)18-15-31-20(24-18)22(29)30-2/h3-7,15,17,19,23H,8-14H2,1-2H3. The van der Waals surface area contributed by atoms with Gasteiger partial charge in [0.05, 0.1) is 13.3 Å². The number of nitrogens with one attached hydrogen (secondary N) is 1. The largest absolute Gasteiger partial charge is 0.462 e. The number of oxazole rings is 1. The van der Waals surface area contributed by atoms with Gasteiger partial charge in [-0.05, 0) is 38.6 Å². The Kier molecular flexibility index (Phi) is 6.64. The highest BCUT2D eigenvalue weighted by Gasteiger charge is 2.35. The van der Waals surface area contributed by atoms with Gasteiger partial charge in [0.25, 0.3) is 5.91 Å². The van der Waals surface area contributed by atoms with Crippen molar-refractivity contribution in [3.05, 3.63) is 48.2 Å². The van der Waals surface area contributed by atoms with Gasteiger partial charge in [-0.3, -0.25) is 19.9 Å². The topological polar surface area (TPSA) is 91.2 Å². The van der Waals surface area contributed by atoms with Crippen LogP contribution in [0.15, 0.2) is 41.0 Å². The third kappa shape index (κ3) is 4.79. The Balaban J connectivity index is 1.57. The van der Waals surface area contributed by atoms with Crippen molar-refractivity contribution < 1.29 is 18.7 Å². The average Bonchev–Trinajstić information content (AvgIpc) is 3.31. The molecule has 3 heterocycles. The number of esters is 1. The predicted molar refractivity (Wildman–Crippen MR) is 115 cm³/mol. The summed E-state index contributed by atoms with van der Waals surface area (Å²) in [5.41, 5.74) is 0.847. The van der Waals surface area contributed by atoms with Crippen LogP contribution < -0.4 is 10.2 Å². The molecule has 0 spiro atoms. The SMILES string of the molecule is COC(=O)c1nc(C(=O)N(c2ccccc2)C2CC(N3CCN(C)CC3)CCN2)co1. The number of hydrogen-bond donors (Lipinski definition) is 1. The number of methoxy groups -OCH3 is 1. The highest BCUT2D eigenvalue weighted by molar-refractivity contribution is 6.05. The third-order valence-electron chi connectivity index (χ3n) is 6.06. The highest BCUT2D eigenvalue weighted by Crippen LogP contribution is 2.26. The van der Waals surface area contributed by atoms with Crippen molar-refractivity contribution in [2.24, 2.45) is 0 Å². The molecule has 0 bridgehead atoms. The van der Waals surface area contributed by atoms with Crippen molar-refractivity contribution in [2.45, 2.75) is 25.0 Å². The zero-order chi connectivity index (χ0) is 21.8. The Hall–Kier alpha value is -2.75. The van der Waals surface area contributed by atoms with Crippen LogP contribution in [0.2, 0.25) is 0 Å². The van der Waals surface area contributed by atoms with Crippen molar-refractivity contribution in [3.63, 3.8) is 0 Å². The van der Waals surface area contributed by atoms with Crippen molar-refractivity contribution in [1.29, 1.82) is 0 Å². The predicted octanol–water partition coefficient (Wildman–Crippen LogP) is 1.43. The zero-order valence-corrected chi connectivity index (χ0v) is 18.0. The lowest BCUT2D eigenvalue weighted by Gasteiger charge is -2.44. The van der Waals surface area contributed by atoms with E-state index in [4.69, 9.17) is 4.42 Å². The molecule has 2 aliphatic rings. The van der Waals surface area contributed by atoms with Crippen LogP contribution in [0, 0.1) is 0 Å². The summed E-state index contributed by atoms with van der Waals surface area (Å²) in [6.07, 6.45) is 2.89. The van der Waals surface area contributed by atoms with E-state index < -0.39 is 5.97 Å². The maximum atomic E-state index is 13.5. The smallest absolute Gasteiger partial charge is 0.394 e. The van der Waals surface area contributed by atoms with E-state index in [9.17, 15) is 9.59 Å². The van der Waals surface area contributed by atoms with Gasteiger partial charge in [0.15, 0.2) is 5.69 Å². The molecule has 1 N–H and O–H groups in total. The lowest BCUT2D eigenvalue weighted by molar-refractivity contribution is 0.0556. The van der Waals surface area contributed by atoms with Gasteiger partial charge in [-0.25, -0.2) is 4.79 Å². The van der Waals surface area contributed by atoms with E-state index in [1.165, 1.54) is 13.4 Å². The second-order valence-electron chi connectivity index (χ2n) is 8.03. The van der Waals surface area contributed by atoms with Crippen LogP contribution in [0.25, 0.3) is 0 Å². The zero-order valence-electron chi connectivity index (χ0n) is 18.0. The maximum absolute atomic E-state index is 13.5. The first kappa shape index (κ1) is 21.5. The summed E-state index contributed by atoms with van der Waals surface area (Å²) < 4.78 is 9.81. The number of piperazine rings is 1. The highest BCUT2D eigenvalue weighted by atomic mass is 16.5. The number of rotatable bonds is 5. The summed E-state index contributed by atoms with van der Waals surface area (Å²) in [5, 5.41) is 3.50. The van der Waals surface area contributed by atoms with Gasteiger partial charge >= 0.3 is 11.9 Å². The molecule has 1 aromatic heterocycles. The Morgan fingerprint density at radius 1 is 1.19 bits per heavy atom. The molecule has 2 atom stereocenters. The number of para-hydroxylation sites is 1. The number of likely N-dealkylation sites (N-methyl/N-ethyl adjacent to an activating group) is 1. The van der Waals surface area contributed by atoms with Gasteiger partial charge in [0.1, 0.15) is 6.26 Å². The fourth-order valence-electron chi connectivity index (χ4n) is 4.29. The summed E-state index contributed by atoms with van der Waals surface area (Å²) >= 11 is 0. The molecule has 2 aromatic rings. The minimum absolute atomic E-state index is 0.0766. The van der Waals surface area contributed by atoms with Gasteiger partial charge in [-0.2, -0.15) is 4.98 Å². The van der Waals surface area contributed by atoms with E-state index in [1.54, 1.807) is 4.90 Å². The molecular weight excluding hydrogens is 398 g/mol. The average molecular weight is 428 g/mol. The number of amides is 1. The molecule has 166 valence electrons. The van der Waals surface area contributed by atoms with Gasteiger partial charge in [-0.15, -0.1) is 0 Å². The molecule has 1 aromatic carbocycles. The molecule has 1 amide bonds. The van der Waals surface area contributed by atoms with Crippen LogP contribution in [0.4, 0.5) is 5.69 Å². The quantitative estimate of drug-likeness (QED) is 0.717. The number of anilines is 1. The van der Waals surface area contributed by atoms with Gasteiger partial charge < -0.3 is 14.1 Å². The number of carbonyl (C=O) groups is 2. The first-order valence-electron chi connectivity index (χ1n) is 10.6. The van der Waals surface area contributed by atoms with E-state index in [0.717, 1.165) is 51.3 Å². The molecule has 9 heteroatoms. The Morgan fingerprint density at radius 2 is 1.94 bits per heavy atom. The molecule has 0 aliphatic carbocycles. The Morgan fingerprint density at radius 3 is 2.65 bits per heavy atom. The minimum atomic E-state index is -0.712. The number of carbonyl (C=O) groups excluding carboxylic acids is 2. The summed E-state index contributed by atoms with van der Waals surface area (Å²) in [5.74, 6) is -1.26. The van der Waals surface area contributed by atoms with Crippen LogP contribution in [0.3, 0.4) is 0 Å². The van der Waals surface area contributed by atoms with Crippen LogP contribution >= 0.6 is 0 Å². The summed E-state index contributed by atoms with van der Waals surface area (Å²) in [6.45, 7) is 5.03. The van der Waals surface area contributed by atoms with E-state index in [0.29, 0.717) is 6.04 Å². The van der Waals surface area contributed by atoms with E-state index in [2.05, 4.69) is 31.9 Å². The van der Waals surface area contributed by atoms with Crippen LogP contribution in [0.1, 0.15) is 34.0 Å². The van der Waals surface area contributed by atoms with Crippen molar-refractivity contribution in [2.75, 3.05) is 51.8 Å². The van der Waals surface area contributed by atoms with Crippen molar-refractivity contribution in [1.82, 2.24) is 20.1 Å². The third-order valence-corrected chi connectivity index (χ3v) is 6.06. The lowest BCUT2D eigenvalue weighted by atomic mass is 9.99. The number of nitrogens with zero attached hydrogens (tertiary/aromatic N) is 4. The molecule has 31 heavy (non-hydrogen) atoms. The Labute approximate surface area is 182 Å². The van der Waals surface area contributed by atoms with Crippen molar-refractivity contribution in [3.8, 4) is 0 Å². The molecule has 2 fully saturated rings. The normalized spacial score (nSPS) is 22.8. The molecule has 2 unspecified atom stereocenters. The first-order chi connectivity index (χ1) is 15.1. The molecule has 2 saturated heterocycles. The van der Waals surface area contributed by atoms with Crippen LogP contribution in [0.5, 0.6) is 0 Å². The second kappa shape index (κ2) is 9.59. The maximum Gasteiger partial charge on any atom is 0.394 e. The van der Waals surface area contributed by atoms with Crippen molar-refractivity contribution >= 4 is 17.6 Å². The van der Waals surface area contributed by atoms with Crippen LogP contribution in [-0.4, -0.2) is 85.7 Å². The molecule has 4 rings (SSSR count). The van der Waals surface area contributed by atoms with Crippen LogP contribution in [-0.2, 0) is 4.74 Å². The van der Waals surface area contributed by atoms with Gasteiger partial charge in [-0.1, -0.05) is 18.2 Å². The number of aromatic nitrogens is 1. The number of benzene rings is 1. The first-order valence-corrected chi connectivity index (χ1v) is 10.6. The van der Waals surface area contributed by atoms with Gasteiger partial charge in [0, 0.05) is 37.9 Å². The summed E-state index contributed by atoms with van der Waals surface area (Å²) in [6, 6.07) is 9.93. The molecule has 0 radical (unpaired) electrons. The summed E-state index contributed by atoms with van der Waals surface area (Å²) in [4.78, 5) is 35.9. The molecular formula is C22H29N5O4. The fraction of sp³-hybridized carbons (Fsp3) is 0.500. The van der Waals surface area contributed by atoms with E-state index >= 15 is 0 Å². The molecule has 9 nitrogen and oxygen atoms in total. The van der Waals surface area contributed by atoms with E-state index in [-0.39, 0.29) is 23.7 Å². The second-order valence-corrected chi connectivity index (χ2v) is 8.03. The fourth-order valence-corrected chi connectivity index (χ4v) is 4.29. The van der Waals surface area contributed by atoms with E-state index in [1.807, 2.05) is 30.3 Å². The number of piperidine rings is 1. The monoisotopic (exact) mass is 427 g/mol. The lowest BCUT2D eigenvalue weighted by Crippen LogP contribution is -2.59. The molecule has 0 saturated carbocycles.